The van der Waals surface area contributed by atoms with E-state index in [2.05, 4.69) is 72.5 Å². The molecule has 2 aromatic rings. The molecule has 20 heavy (non-hydrogen) atoms. The van der Waals surface area contributed by atoms with E-state index in [0.717, 1.165) is 24.6 Å². The van der Waals surface area contributed by atoms with Gasteiger partial charge in [0.1, 0.15) is 5.82 Å². The highest BCUT2D eigenvalue weighted by Crippen LogP contribution is 2.25. The third-order valence-corrected chi connectivity index (χ3v) is 3.40. The van der Waals surface area contributed by atoms with Gasteiger partial charge in [0.05, 0.1) is 0 Å². The topological polar surface area (TPSA) is 28.2 Å². The number of benzene rings is 1. The fourth-order valence-electron chi connectivity index (χ4n) is 2.33. The minimum Gasteiger partial charge on any atom is -0.329 e. The lowest BCUT2D eigenvalue weighted by Gasteiger charge is -2.21. The van der Waals surface area contributed by atoms with Crippen LogP contribution in [0.25, 0.3) is 0 Å². The Morgan fingerprint density at radius 1 is 1.15 bits per heavy atom. The molecule has 2 rings (SSSR count). The molecule has 1 heterocycles. The summed E-state index contributed by atoms with van der Waals surface area (Å²) in [6.07, 6.45) is 0. The van der Waals surface area contributed by atoms with Crippen molar-refractivity contribution < 1.29 is 0 Å². The molecule has 0 aliphatic heterocycles. The molecule has 0 atom stereocenters. The van der Waals surface area contributed by atoms with Gasteiger partial charge in [0.25, 0.3) is 0 Å². The maximum Gasteiger partial charge on any atom is 0.133 e. The Kier molecular flexibility index (Phi) is 4.74. The van der Waals surface area contributed by atoms with Gasteiger partial charge in [-0.2, -0.15) is 0 Å². The molecule has 0 saturated carbocycles. The maximum atomic E-state index is 4.66. The summed E-state index contributed by atoms with van der Waals surface area (Å²) in [6, 6.07) is 12.7. The summed E-state index contributed by atoms with van der Waals surface area (Å²) >= 11 is 0. The lowest BCUT2D eigenvalue weighted by atomic mass is 10.1. The largest absolute Gasteiger partial charge is 0.329 e. The Labute approximate surface area is 121 Å². The number of hydrogen-bond acceptors (Lipinski definition) is 3. The number of aromatic nitrogens is 1. The fraction of sp³-hybridized carbons (Fsp3) is 0.353. The molecule has 0 amide bonds. The number of nitrogens with one attached hydrogen (secondary N) is 1. The van der Waals surface area contributed by atoms with E-state index in [1.54, 1.807) is 0 Å². The first-order valence-electron chi connectivity index (χ1n) is 7.09. The van der Waals surface area contributed by atoms with Gasteiger partial charge in [-0.1, -0.05) is 25.1 Å². The number of hydrogen-bond donors (Lipinski definition) is 1. The SMILES string of the molecule is CCNCc1cc(C)nc(N(C)c2ccccc2C)c1. The van der Waals surface area contributed by atoms with Crippen molar-refractivity contribution in [3.05, 3.63) is 53.2 Å². The molecule has 0 bridgehead atoms. The summed E-state index contributed by atoms with van der Waals surface area (Å²) in [6.45, 7) is 8.15. The minimum absolute atomic E-state index is 0.883. The minimum atomic E-state index is 0.883. The number of aryl methyl sites for hydroxylation is 2. The first kappa shape index (κ1) is 14.5. The van der Waals surface area contributed by atoms with Crippen LogP contribution in [0, 0.1) is 13.8 Å². The highest BCUT2D eigenvalue weighted by molar-refractivity contribution is 5.63. The molecular weight excluding hydrogens is 246 g/mol. The number of nitrogens with zero attached hydrogens (tertiary/aromatic N) is 2. The second-order valence-corrected chi connectivity index (χ2v) is 5.10. The van der Waals surface area contributed by atoms with Crippen molar-refractivity contribution in [3.8, 4) is 0 Å². The molecule has 0 fully saturated rings. The van der Waals surface area contributed by atoms with Crippen LogP contribution in [0.15, 0.2) is 36.4 Å². The third kappa shape index (κ3) is 3.36. The molecule has 0 aliphatic carbocycles. The Balaban J connectivity index is 2.32. The van der Waals surface area contributed by atoms with Gasteiger partial charge in [0.15, 0.2) is 0 Å². The third-order valence-electron chi connectivity index (χ3n) is 3.40. The van der Waals surface area contributed by atoms with Crippen LogP contribution in [0.5, 0.6) is 0 Å². The van der Waals surface area contributed by atoms with E-state index >= 15 is 0 Å². The molecule has 0 spiro atoms. The Hall–Kier alpha value is -1.87. The van der Waals surface area contributed by atoms with E-state index in [4.69, 9.17) is 0 Å². The van der Waals surface area contributed by atoms with Crippen LogP contribution >= 0.6 is 0 Å². The van der Waals surface area contributed by atoms with Gasteiger partial charge in [-0.15, -0.1) is 0 Å². The van der Waals surface area contributed by atoms with Crippen molar-refractivity contribution in [1.29, 1.82) is 0 Å². The van der Waals surface area contributed by atoms with Crippen molar-refractivity contribution in [2.75, 3.05) is 18.5 Å². The number of anilines is 2. The average molecular weight is 269 g/mol. The van der Waals surface area contributed by atoms with Crippen LogP contribution in [0.2, 0.25) is 0 Å². The monoisotopic (exact) mass is 269 g/mol. The number of rotatable bonds is 5. The van der Waals surface area contributed by atoms with E-state index in [-0.39, 0.29) is 0 Å². The average Bonchev–Trinajstić information content (AvgIpc) is 2.44. The van der Waals surface area contributed by atoms with Gasteiger partial charge in [-0.05, 0) is 49.7 Å². The highest BCUT2D eigenvalue weighted by Gasteiger charge is 2.09. The van der Waals surface area contributed by atoms with Crippen molar-refractivity contribution in [2.45, 2.75) is 27.3 Å². The van der Waals surface area contributed by atoms with Crippen molar-refractivity contribution in [1.82, 2.24) is 10.3 Å². The highest BCUT2D eigenvalue weighted by atomic mass is 15.2. The van der Waals surface area contributed by atoms with Gasteiger partial charge in [0, 0.05) is 25.0 Å². The molecule has 106 valence electrons. The predicted molar refractivity (Wildman–Crippen MR) is 85.6 cm³/mol. The summed E-state index contributed by atoms with van der Waals surface area (Å²) in [4.78, 5) is 6.81. The summed E-state index contributed by atoms with van der Waals surface area (Å²) in [5, 5.41) is 3.36. The second kappa shape index (κ2) is 6.53. The summed E-state index contributed by atoms with van der Waals surface area (Å²) < 4.78 is 0. The molecule has 0 unspecified atom stereocenters. The van der Waals surface area contributed by atoms with Crippen LogP contribution < -0.4 is 10.2 Å². The lowest BCUT2D eigenvalue weighted by molar-refractivity contribution is 0.725. The van der Waals surface area contributed by atoms with Crippen LogP contribution in [0.3, 0.4) is 0 Å². The van der Waals surface area contributed by atoms with Gasteiger partial charge in [-0.25, -0.2) is 4.98 Å². The summed E-state index contributed by atoms with van der Waals surface area (Å²) in [5.74, 6) is 0.993. The van der Waals surface area contributed by atoms with Crippen molar-refractivity contribution in [2.24, 2.45) is 0 Å². The first-order valence-corrected chi connectivity index (χ1v) is 7.09. The van der Waals surface area contributed by atoms with Crippen LogP contribution in [-0.4, -0.2) is 18.6 Å². The van der Waals surface area contributed by atoms with E-state index in [1.807, 2.05) is 6.92 Å². The van der Waals surface area contributed by atoms with E-state index in [1.165, 1.54) is 16.8 Å². The fourth-order valence-corrected chi connectivity index (χ4v) is 2.33. The number of para-hydroxylation sites is 1. The van der Waals surface area contributed by atoms with E-state index in [9.17, 15) is 0 Å². The maximum absolute atomic E-state index is 4.66. The van der Waals surface area contributed by atoms with Crippen LogP contribution in [0.1, 0.15) is 23.7 Å². The summed E-state index contributed by atoms with van der Waals surface area (Å²) in [7, 11) is 2.07. The number of pyridine rings is 1. The zero-order valence-corrected chi connectivity index (χ0v) is 12.8. The summed E-state index contributed by atoms with van der Waals surface area (Å²) in [5.41, 5.74) is 4.78. The smallest absolute Gasteiger partial charge is 0.133 e. The zero-order valence-electron chi connectivity index (χ0n) is 12.8. The molecule has 1 aromatic carbocycles. The molecule has 3 nitrogen and oxygen atoms in total. The standard InChI is InChI=1S/C17H23N3/c1-5-18-12-15-10-14(3)19-17(11-15)20(4)16-9-7-6-8-13(16)2/h6-11,18H,5,12H2,1-4H3. The predicted octanol–water partition coefficient (Wildman–Crippen LogP) is 3.58. The first-order chi connectivity index (χ1) is 9.61. The van der Waals surface area contributed by atoms with Gasteiger partial charge < -0.3 is 10.2 Å². The van der Waals surface area contributed by atoms with Gasteiger partial charge in [0.2, 0.25) is 0 Å². The van der Waals surface area contributed by atoms with Crippen LogP contribution in [0.4, 0.5) is 11.5 Å². The Morgan fingerprint density at radius 3 is 2.60 bits per heavy atom. The lowest BCUT2D eigenvalue weighted by Crippen LogP contribution is -2.16. The molecule has 3 heteroatoms. The molecule has 0 saturated heterocycles. The quantitative estimate of drug-likeness (QED) is 0.899. The molecular formula is C17H23N3. The van der Waals surface area contributed by atoms with Crippen molar-refractivity contribution in [3.63, 3.8) is 0 Å². The second-order valence-electron chi connectivity index (χ2n) is 5.10. The van der Waals surface area contributed by atoms with E-state index in [0.29, 0.717) is 0 Å². The molecule has 1 aromatic heterocycles. The molecule has 0 aliphatic rings. The van der Waals surface area contributed by atoms with Crippen LogP contribution in [-0.2, 0) is 6.54 Å². The van der Waals surface area contributed by atoms with Crippen molar-refractivity contribution >= 4 is 11.5 Å². The van der Waals surface area contributed by atoms with E-state index < -0.39 is 0 Å². The normalized spacial score (nSPS) is 10.6. The van der Waals surface area contributed by atoms with Gasteiger partial charge in [-0.3, -0.25) is 0 Å². The zero-order chi connectivity index (χ0) is 14.5. The Morgan fingerprint density at radius 2 is 1.90 bits per heavy atom. The molecule has 0 radical (unpaired) electrons. The van der Waals surface area contributed by atoms with Gasteiger partial charge >= 0.3 is 0 Å². The Bertz CT molecular complexity index is 578. The molecule has 1 N–H and O–H groups in total.